The molecule has 1 saturated heterocycles. The fourth-order valence-electron chi connectivity index (χ4n) is 1.95. The van der Waals surface area contributed by atoms with Crippen molar-refractivity contribution in [3.05, 3.63) is 18.6 Å². The molecule has 0 bridgehead atoms. The number of rotatable bonds is 2. The van der Waals surface area contributed by atoms with Crippen LogP contribution in [-0.2, 0) is 9.84 Å². The molecule has 0 aliphatic carbocycles. The van der Waals surface area contributed by atoms with E-state index in [1.165, 1.54) is 6.26 Å². The summed E-state index contributed by atoms with van der Waals surface area (Å²) in [6.45, 7) is 1.38. The molecule has 0 radical (unpaired) electrons. The van der Waals surface area contributed by atoms with E-state index in [2.05, 4.69) is 9.97 Å². The Hall–Kier alpha value is -1.17. The molecule has 1 aromatic heterocycles. The summed E-state index contributed by atoms with van der Waals surface area (Å²) in [5.74, 6) is 0.760. The maximum absolute atomic E-state index is 11.5. The van der Waals surface area contributed by atoms with Gasteiger partial charge in [0.05, 0.1) is 11.4 Å². The number of anilines is 1. The molecule has 1 atom stereocenters. The zero-order chi connectivity index (χ0) is 11.6. The summed E-state index contributed by atoms with van der Waals surface area (Å²) in [6.07, 6.45) is 7.84. The highest BCUT2D eigenvalue weighted by Crippen LogP contribution is 2.20. The molecule has 1 aliphatic heterocycles. The van der Waals surface area contributed by atoms with Crippen LogP contribution in [0.2, 0.25) is 0 Å². The van der Waals surface area contributed by atoms with Crippen LogP contribution >= 0.6 is 0 Å². The monoisotopic (exact) mass is 241 g/mol. The Morgan fingerprint density at radius 3 is 2.88 bits per heavy atom. The fraction of sp³-hybridized carbons (Fsp3) is 0.600. The minimum Gasteiger partial charge on any atom is -0.354 e. The van der Waals surface area contributed by atoms with Gasteiger partial charge in [0.15, 0.2) is 9.84 Å². The molecule has 2 heterocycles. The van der Waals surface area contributed by atoms with Crippen molar-refractivity contribution in [2.45, 2.75) is 18.1 Å². The first kappa shape index (κ1) is 11.3. The molecule has 0 N–H and O–H groups in total. The summed E-state index contributed by atoms with van der Waals surface area (Å²) in [5, 5.41) is -0.275. The van der Waals surface area contributed by atoms with Gasteiger partial charge in [0.1, 0.15) is 5.82 Å². The highest BCUT2D eigenvalue weighted by Gasteiger charge is 2.27. The third-order valence-corrected chi connectivity index (χ3v) is 4.45. The maximum Gasteiger partial charge on any atom is 0.152 e. The Morgan fingerprint density at radius 1 is 1.44 bits per heavy atom. The second-order valence-electron chi connectivity index (χ2n) is 4.10. The van der Waals surface area contributed by atoms with E-state index in [0.717, 1.165) is 25.2 Å². The van der Waals surface area contributed by atoms with Gasteiger partial charge in [-0.05, 0) is 12.8 Å². The first-order valence-corrected chi connectivity index (χ1v) is 7.22. The lowest BCUT2D eigenvalue weighted by Gasteiger charge is -2.32. The largest absolute Gasteiger partial charge is 0.354 e. The molecule has 1 aliphatic rings. The lowest BCUT2D eigenvalue weighted by atomic mass is 10.1. The zero-order valence-corrected chi connectivity index (χ0v) is 10.0. The van der Waals surface area contributed by atoms with Crippen molar-refractivity contribution in [2.24, 2.45) is 0 Å². The minimum atomic E-state index is -2.96. The van der Waals surface area contributed by atoms with E-state index in [1.54, 1.807) is 18.6 Å². The summed E-state index contributed by atoms with van der Waals surface area (Å²) in [7, 11) is -2.96. The molecule has 6 heteroatoms. The van der Waals surface area contributed by atoms with Gasteiger partial charge in [0.2, 0.25) is 0 Å². The van der Waals surface area contributed by atoms with E-state index in [1.807, 2.05) is 4.90 Å². The van der Waals surface area contributed by atoms with Gasteiger partial charge in [-0.25, -0.2) is 13.4 Å². The predicted molar refractivity (Wildman–Crippen MR) is 62.1 cm³/mol. The number of sulfone groups is 1. The molecule has 0 amide bonds. The molecule has 16 heavy (non-hydrogen) atoms. The third-order valence-electron chi connectivity index (χ3n) is 2.86. The summed E-state index contributed by atoms with van der Waals surface area (Å²) in [6, 6.07) is 0. The van der Waals surface area contributed by atoms with E-state index in [-0.39, 0.29) is 5.25 Å². The molecule has 0 saturated carbocycles. The first-order valence-electron chi connectivity index (χ1n) is 5.27. The Bertz CT molecular complexity index is 446. The summed E-state index contributed by atoms with van der Waals surface area (Å²) < 4.78 is 23.0. The number of hydrogen-bond acceptors (Lipinski definition) is 5. The van der Waals surface area contributed by atoms with Gasteiger partial charge < -0.3 is 4.90 Å². The van der Waals surface area contributed by atoms with Crippen LogP contribution in [0.3, 0.4) is 0 Å². The van der Waals surface area contributed by atoms with Gasteiger partial charge in [0.25, 0.3) is 0 Å². The lowest BCUT2D eigenvalue weighted by Crippen LogP contribution is -2.42. The molecule has 1 unspecified atom stereocenters. The average molecular weight is 241 g/mol. The van der Waals surface area contributed by atoms with Gasteiger partial charge in [-0.1, -0.05) is 0 Å². The van der Waals surface area contributed by atoms with E-state index in [4.69, 9.17) is 0 Å². The Morgan fingerprint density at radius 2 is 2.25 bits per heavy atom. The number of aromatic nitrogens is 2. The minimum absolute atomic E-state index is 0.275. The van der Waals surface area contributed by atoms with Gasteiger partial charge in [-0.3, -0.25) is 4.98 Å². The highest BCUT2D eigenvalue weighted by molar-refractivity contribution is 7.91. The van der Waals surface area contributed by atoms with E-state index in [9.17, 15) is 8.42 Å². The molecule has 5 nitrogen and oxygen atoms in total. The summed E-state index contributed by atoms with van der Waals surface area (Å²) in [4.78, 5) is 10.2. The van der Waals surface area contributed by atoms with Crippen LogP contribution in [0, 0.1) is 0 Å². The van der Waals surface area contributed by atoms with Crippen molar-refractivity contribution in [2.75, 3.05) is 24.2 Å². The smallest absolute Gasteiger partial charge is 0.152 e. The topological polar surface area (TPSA) is 63.2 Å². The maximum atomic E-state index is 11.5. The highest BCUT2D eigenvalue weighted by atomic mass is 32.2. The number of hydrogen-bond donors (Lipinski definition) is 0. The molecule has 0 aromatic carbocycles. The predicted octanol–water partition coefficient (Wildman–Crippen LogP) is 0.490. The van der Waals surface area contributed by atoms with Crippen LogP contribution in [-0.4, -0.2) is 43.0 Å². The number of nitrogens with zero attached hydrogens (tertiary/aromatic N) is 3. The zero-order valence-electron chi connectivity index (χ0n) is 9.20. The van der Waals surface area contributed by atoms with Crippen molar-refractivity contribution >= 4 is 15.7 Å². The van der Waals surface area contributed by atoms with E-state index >= 15 is 0 Å². The van der Waals surface area contributed by atoms with Crippen LogP contribution in [0.25, 0.3) is 0 Å². The van der Waals surface area contributed by atoms with Gasteiger partial charge in [-0.2, -0.15) is 0 Å². The van der Waals surface area contributed by atoms with Crippen LogP contribution < -0.4 is 4.90 Å². The molecule has 1 aromatic rings. The lowest BCUT2D eigenvalue weighted by molar-refractivity contribution is 0.533. The van der Waals surface area contributed by atoms with Crippen molar-refractivity contribution in [1.82, 2.24) is 9.97 Å². The quantitative estimate of drug-likeness (QED) is 0.754. The average Bonchev–Trinajstić information content (AvgIpc) is 2.29. The first-order chi connectivity index (χ1) is 7.57. The van der Waals surface area contributed by atoms with Crippen molar-refractivity contribution < 1.29 is 8.42 Å². The van der Waals surface area contributed by atoms with E-state index < -0.39 is 9.84 Å². The van der Waals surface area contributed by atoms with Crippen LogP contribution in [0.15, 0.2) is 18.6 Å². The summed E-state index contributed by atoms with van der Waals surface area (Å²) >= 11 is 0. The molecule has 0 spiro atoms. The van der Waals surface area contributed by atoms with Gasteiger partial charge in [-0.15, -0.1) is 0 Å². The number of piperidine rings is 1. The second-order valence-corrected chi connectivity index (χ2v) is 6.43. The summed E-state index contributed by atoms with van der Waals surface area (Å²) in [5.41, 5.74) is 0. The standard InChI is InChI=1S/C10H15N3O2S/c1-16(14,15)9-3-2-6-13(8-9)10-7-11-4-5-12-10/h4-5,7,9H,2-3,6,8H2,1H3. The van der Waals surface area contributed by atoms with Crippen molar-refractivity contribution in [3.63, 3.8) is 0 Å². The normalized spacial score (nSPS) is 22.1. The Labute approximate surface area is 95.4 Å². The van der Waals surface area contributed by atoms with Crippen molar-refractivity contribution in [1.29, 1.82) is 0 Å². The molecular weight excluding hydrogens is 226 g/mol. The van der Waals surface area contributed by atoms with Gasteiger partial charge >= 0.3 is 0 Å². The molecule has 1 fully saturated rings. The van der Waals surface area contributed by atoms with E-state index in [0.29, 0.717) is 6.54 Å². The molecular formula is C10H15N3O2S. The van der Waals surface area contributed by atoms with Crippen LogP contribution in [0.1, 0.15) is 12.8 Å². The Kier molecular flexibility index (Phi) is 3.09. The van der Waals surface area contributed by atoms with Crippen molar-refractivity contribution in [3.8, 4) is 0 Å². The molecule has 88 valence electrons. The SMILES string of the molecule is CS(=O)(=O)C1CCCN(c2cnccn2)C1. The molecule has 2 rings (SSSR count). The fourth-order valence-corrected chi connectivity index (χ4v) is 3.00. The van der Waals surface area contributed by atoms with Gasteiger partial charge in [0, 0.05) is 31.7 Å². The third kappa shape index (κ3) is 2.49. The Balaban J connectivity index is 2.14. The second kappa shape index (κ2) is 4.37. The van der Waals surface area contributed by atoms with Crippen LogP contribution in [0.4, 0.5) is 5.82 Å². The van der Waals surface area contributed by atoms with Crippen LogP contribution in [0.5, 0.6) is 0 Å².